The summed E-state index contributed by atoms with van der Waals surface area (Å²) in [6, 6.07) is 7.99. The van der Waals surface area contributed by atoms with Crippen LogP contribution in [0.5, 0.6) is 0 Å². The van der Waals surface area contributed by atoms with Crippen molar-refractivity contribution < 1.29 is 13.2 Å². The minimum absolute atomic E-state index is 0.0432. The monoisotopic (exact) mass is 351 g/mol. The van der Waals surface area contributed by atoms with Gasteiger partial charge in [-0.2, -0.15) is 4.31 Å². The molecule has 2 rings (SSSR count). The maximum Gasteiger partial charge on any atom is 0.243 e. The fraction of sp³-hybridized carbons (Fsp3) is 0.200. The highest BCUT2D eigenvalue weighted by molar-refractivity contribution is 7.89. The molecule has 0 spiro atoms. The molecule has 1 heterocycles. The summed E-state index contributed by atoms with van der Waals surface area (Å²) in [5.41, 5.74) is 0.796. The minimum Gasteiger partial charge on any atom is -0.301 e. The molecule has 0 radical (unpaired) electrons. The number of carbonyl (C=O) groups is 1. The second-order valence-corrected chi connectivity index (χ2v) is 7.54. The lowest BCUT2D eigenvalue weighted by Gasteiger charge is -2.19. The van der Waals surface area contributed by atoms with Gasteiger partial charge in [0.15, 0.2) is 5.13 Å². The van der Waals surface area contributed by atoms with E-state index in [1.807, 2.05) is 6.92 Å². The number of sulfonamides is 1. The number of thiazole rings is 1. The van der Waals surface area contributed by atoms with Crippen LogP contribution in [-0.4, -0.2) is 36.7 Å². The number of carbonyl (C=O) groups excluding carboxylic acids is 1. The third-order valence-electron chi connectivity index (χ3n) is 2.90. The Labute approximate surface area is 139 Å². The number of benzene rings is 1. The molecule has 0 aliphatic heterocycles. The van der Waals surface area contributed by atoms with E-state index in [-0.39, 0.29) is 18.0 Å². The summed E-state index contributed by atoms with van der Waals surface area (Å²) in [5.74, 6) is -0.444. The van der Waals surface area contributed by atoms with Crippen molar-refractivity contribution in [2.45, 2.75) is 11.8 Å². The summed E-state index contributed by atoms with van der Waals surface area (Å²) in [4.78, 5) is 16.4. The van der Waals surface area contributed by atoms with E-state index in [1.165, 1.54) is 29.5 Å². The average Bonchev–Trinajstić information content (AvgIpc) is 2.92. The zero-order valence-electron chi connectivity index (χ0n) is 12.6. The van der Waals surface area contributed by atoms with Crippen molar-refractivity contribution >= 4 is 32.4 Å². The number of nitrogens with zero attached hydrogens (tertiary/aromatic N) is 2. The molecule has 0 atom stereocenters. The molecule has 1 aromatic carbocycles. The number of amides is 1. The van der Waals surface area contributed by atoms with Gasteiger partial charge >= 0.3 is 0 Å². The second-order valence-electron chi connectivity index (χ2n) is 4.74. The Morgan fingerprint density at radius 1 is 1.39 bits per heavy atom. The first-order valence-electron chi connectivity index (χ1n) is 6.81. The Morgan fingerprint density at radius 2 is 2.09 bits per heavy atom. The summed E-state index contributed by atoms with van der Waals surface area (Å²) in [7, 11) is -3.76. The molecule has 1 N–H and O–H groups in total. The highest BCUT2D eigenvalue weighted by Gasteiger charge is 2.25. The largest absolute Gasteiger partial charge is 0.301 e. The number of anilines is 1. The molecule has 0 unspecified atom stereocenters. The standard InChI is InChI=1S/C15H17N3O3S2/c1-3-9-18(23(20,21)13-7-5-4-6-8-13)10-14(19)17-15-16-12(2)11-22-15/h3-8,11H,1,9-10H2,2H3,(H,16,17,19). The van der Waals surface area contributed by atoms with Gasteiger partial charge in [-0.15, -0.1) is 17.9 Å². The van der Waals surface area contributed by atoms with Crippen LogP contribution < -0.4 is 5.32 Å². The van der Waals surface area contributed by atoms with Crippen LogP contribution in [0.4, 0.5) is 5.13 Å². The van der Waals surface area contributed by atoms with Crippen LogP contribution in [0, 0.1) is 6.92 Å². The number of nitrogens with one attached hydrogen (secondary N) is 1. The Hall–Kier alpha value is -2.03. The molecular weight excluding hydrogens is 334 g/mol. The van der Waals surface area contributed by atoms with Gasteiger partial charge in [0, 0.05) is 11.9 Å². The summed E-state index contributed by atoms with van der Waals surface area (Å²) >= 11 is 1.29. The van der Waals surface area contributed by atoms with Gasteiger partial charge in [-0.1, -0.05) is 24.3 Å². The topological polar surface area (TPSA) is 79.4 Å². The van der Waals surface area contributed by atoms with Crippen molar-refractivity contribution in [2.24, 2.45) is 0 Å². The molecule has 0 aliphatic rings. The number of rotatable bonds is 7. The smallest absolute Gasteiger partial charge is 0.243 e. The van der Waals surface area contributed by atoms with Crippen molar-refractivity contribution in [3.8, 4) is 0 Å². The predicted octanol–water partition coefficient (Wildman–Crippen LogP) is 2.27. The molecule has 8 heteroatoms. The first-order valence-corrected chi connectivity index (χ1v) is 9.13. The predicted molar refractivity (Wildman–Crippen MR) is 90.9 cm³/mol. The van der Waals surface area contributed by atoms with Gasteiger partial charge in [0.25, 0.3) is 0 Å². The van der Waals surface area contributed by atoms with Gasteiger partial charge in [0.1, 0.15) is 0 Å². The maximum absolute atomic E-state index is 12.6. The van der Waals surface area contributed by atoms with Crippen LogP contribution in [-0.2, 0) is 14.8 Å². The van der Waals surface area contributed by atoms with E-state index < -0.39 is 15.9 Å². The molecule has 0 bridgehead atoms. The Kier molecular flexibility index (Phi) is 5.64. The first-order chi connectivity index (χ1) is 10.9. The Morgan fingerprint density at radius 3 is 2.65 bits per heavy atom. The third-order valence-corrected chi connectivity index (χ3v) is 5.60. The number of hydrogen-bond donors (Lipinski definition) is 1. The van der Waals surface area contributed by atoms with Crippen LogP contribution in [0.2, 0.25) is 0 Å². The van der Waals surface area contributed by atoms with E-state index in [0.717, 1.165) is 10.00 Å². The van der Waals surface area contributed by atoms with Crippen molar-refractivity contribution in [1.29, 1.82) is 0 Å². The zero-order chi connectivity index (χ0) is 16.9. The van der Waals surface area contributed by atoms with E-state index in [9.17, 15) is 13.2 Å². The molecule has 23 heavy (non-hydrogen) atoms. The molecule has 1 amide bonds. The van der Waals surface area contributed by atoms with Crippen LogP contribution in [0.3, 0.4) is 0 Å². The fourth-order valence-corrected chi connectivity index (χ4v) is 3.96. The van der Waals surface area contributed by atoms with Gasteiger partial charge in [0.2, 0.25) is 15.9 Å². The summed E-state index contributed by atoms with van der Waals surface area (Å²) in [6.07, 6.45) is 1.45. The lowest BCUT2D eigenvalue weighted by molar-refractivity contribution is -0.116. The van der Waals surface area contributed by atoms with E-state index >= 15 is 0 Å². The number of aromatic nitrogens is 1. The third kappa shape index (κ3) is 4.47. The molecule has 122 valence electrons. The number of hydrogen-bond acceptors (Lipinski definition) is 5. The van der Waals surface area contributed by atoms with Crippen molar-refractivity contribution in [3.63, 3.8) is 0 Å². The Bertz CT molecular complexity index is 785. The molecular formula is C15H17N3O3S2. The van der Waals surface area contributed by atoms with Crippen LogP contribution in [0.1, 0.15) is 5.69 Å². The van der Waals surface area contributed by atoms with Gasteiger partial charge in [-0.3, -0.25) is 4.79 Å². The van der Waals surface area contributed by atoms with Gasteiger partial charge in [-0.25, -0.2) is 13.4 Å². The van der Waals surface area contributed by atoms with Gasteiger partial charge in [-0.05, 0) is 19.1 Å². The molecule has 0 fully saturated rings. The summed E-state index contributed by atoms with van der Waals surface area (Å²) in [6.45, 7) is 5.11. The summed E-state index contributed by atoms with van der Waals surface area (Å²) < 4.78 is 26.3. The highest BCUT2D eigenvalue weighted by atomic mass is 32.2. The SMILES string of the molecule is C=CCN(CC(=O)Nc1nc(C)cs1)S(=O)(=O)c1ccccc1. The quantitative estimate of drug-likeness (QED) is 0.776. The molecule has 0 aliphatic carbocycles. The van der Waals surface area contributed by atoms with E-state index in [2.05, 4.69) is 16.9 Å². The van der Waals surface area contributed by atoms with Crippen molar-refractivity contribution in [2.75, 3.05) is 18.4 Å². The van der Waals surface area contributed by atoms with Crippen molar-refractivity contribution in [1.82, 2.24) is 9.29 Å². The van der Waals surface area contributed by atoms with E-state index in [0.29, 0.717) is 5.13 Å². The number of aryl methyl sites for hydroxylation is 1. The average molecular weight is 351 g/mol. The molecule has 0 saturated carbocycles. The zero-order valence-corrected chi connectivity index (χ0v) is 14.2. The van der Waals surface area contributed by atoms with E-state index in [1.54, 1.807) is 23.6 Å². The lowest BCUT2D eigenvalue weighted by atomic mass is 10.4. The molecule has 1 aromatic heterocycles. The summed E-state index contributed by atoms with van der Waals surface area (Å²) in [5, 5.41) is 4.85. The lowest BCUT2D eigenvalue weighted by Crippen LogP contribution is -2.38. The Balaban J connectivity index is 2.15. The highest BCUT2D eigenvalue weighted by Crippen LogP contribution is 2.17. The van der Waals surface area contributed by atoms with Crippen LogP contribution >= 0.6 is 11.3 Å². The van der Waals surface area contributed by atoms with Crippen LogP contribution in [0.25, 0.3) is 0 Å². The fourth-order valence-electron chi connectivity index (χ4n) is 1.86. The first kappa shape index (κ1) is 17.3. The maximum atomic E-state index is 12.6. The van der Waals surface area contributed by atoms with Crippen molar-refractivity contribution in [3.05, 3.63) is 54.1 Å². The van der Waals surface area contributed by atoms with E-state index in [4.69, 9.17) is 0 Å². The van der Waals surface area contributed by atoms with Gasteiger partial charge in [0.05, 0.1) is 17.1 Å². The molecule has 2 aromatic rings. The second kappa shape index (κ2) is 7.49. The van der Waals surface area contributed by atoms with Gasteiger partial charge < -0.3 is 5.32 Å². The minimum atomic E-state index is -3.76. The van der Waals surface area contributed by atoms with Crippen LogP contribution in [0.15, 0.2) is 53.3 Å². The molecule has 6 nitrogen and oxygen atoms in total. The normalized spacial score (nSPS) is 11.4. The molecule has 0 saturated heterocycles.